The van der Waals surface area contributed by atoms with Gasteiger partial charge in [0, 0.05) is 48.8 Å². The van der Waals surface area contributed by atoms with Crippen LogP contribution >= 0.6 is 11.6 Å². The SMILES string of the molecule is COc1cc(OCCCN(C)C2CCC(O)CC2)c(Cl)cc1CNC[C@H](O)c1ccc(O)c2[nH]c(=O)ccc12. The number of phenols is 1. The molecule has 1 heterocycles. The number of rotatable bonds is 12. The zero-order chi connectivity index (χ0) is 27.9. The molecule has 0 radical (unpaired) electrons. The summed E-state index contributed by atoms with van der Waals surface area (Å²) in [5.41, 5.74) is 1.38. The number of aliphatic hydroxyl groups is 2. The van der Waals surface area contributed by atoms with Gasteiger partial charge in [-0.1, -0.05) is 17.7 Å². The van der Waals surface area contributed by atoms with Crippen molar-refractivity contribution in [2.75, 3.05) is 33.9 Å². The standard InChI is InChI=1S/C29H38ClN3O6/c1-33(19-4-6-20(34)7-5-19)12-3-13-39-27-15-26(38-2)18(14-23(27)30)16-31-17-25(36)21-8-10-24(35)29-22(21)9-11-28(37)32-29/h8-11,14-15,19-20,25,31,34-36H,3-7,12-13,16-17H2,1-2H3,(H,32,37)/t19?,20?,25-/m0/s1. The molecule has 1 aliphatic rings. The fraction of sp³-hybridized carbons (Fsp3) is 0.483. The number of aromatic nitrogens is 1. The van der Waals surface area contributed by atoms with Gasteiger partial charge in [0.25, 0.3) is 0 Å². The lowest BCUT2D eigenvalue weighted by Crippen LogP contribution is -2.37. The van der Waals surface area contributed by atoms with Crippen molar-refractivity contribution < 1.29 is 24.8 Å². The summed E-state index contributed by atoms with van der Waals surface area (Å²) >= 11 is 6.52. The van der Waals surface area contributed by atoms with Crippen LogP contribution in [0, 0.1) is 0 Å². The fourth-order valence-electron chi connectivity index (χ4n) is 5.20. The second kappa shape index (κ2) is 13.5. The van der Waals surface area contributed by atoms with E-state index in [0.29, 0.717) is 52.2 Å². The van der Waals surface area contributed by atoms with Crippen LogP contribution in [0.3, 0.4) is 0 Å². The van der Waals surface area contributed by atoms with E-state index in [-0.39, 0.29) is 24.0 Å². The first-order valence-electron chi connectivity index (χ1n) is 13.4. The normalized spacial score (nSPS) is 18.4. The van der Waals surface area contributed by atoms with Crippen LogP contribution in [0.25, 0.3) is 10.9 Å². The third kappa shape index (κ3) is 7.43. The van der Waals surface area contributed by atoms with Crippen molar-refractivity contribution >= 4 is 22.5 Å². The number of phenolic OH excluding ortho intramolecular Hbond substituents is 1. The van der Waals surface area contributed by atoms with E-state index in [4.69, 9.17) is 21.1 Å². The zero-order valence-corrected chi connectivity index (χ0v) is 23.2. The number of nitrogens with one attached hydrogen (secondary N) is 2. The highest BCUT2D eigenvalue weighted by Gasteiger charge is 2.22. The Hall–Kier alpha value is -2.82. The average Bonchev–Trinajstić information content (AvgIpc) is 2.92. The number of ether oxygens (including phenoxy) is 2. The van der Waals surface area contributed by atoms with Gasteiger partial charge in [0.1, 0.15) is 17.2 Å². The molecule has 1 aromatic heterocycles. The van der Waals surface area contributed by atoms with Gasteiger partial charge in [0.2, 0.25) is 5.56 Å². The summed E-state index contributed by atoms with van der Waals surface area (Å²) in [6.07, 6.45) is 3.63. The first kappa shape index (κ1) is 29.2. The van der Waals surface area contributed by atoms with Crippen LogP contribution < -0.4 is 20.3 Å². The minimum absolute atomic E-state index is 0.0507. The maximum Gasteiger partial charge on any atom is 0.248 e. The van der Waals surface area contributed by atoms with E-state index in [0.717, 1.165) is 44.2 Å². The molecule has 212 valence electrons. The lowest BCUT2D eigenvalue weighted by atomic mass is 9.92. The lowest BCUT2D eigenvalue weighted by molar-refractivity contribution is 0.0822. The van der Waals surface area contributed by atoms with Crippen molar-refractivity contribution in [2.45, 2.75) is 56.9 Å². The van der Waals surface area contributed by atoms with Crippen molar-refractivity contribution in [3.05, 3.63) is 62.9 Å². The van der Waals surface area contributed by atoms with Gasteiger partial charge in [-0.2, -0.15) is 0 Å². The van der Waals surface area contributed by atoms with Crippen LogP contribution in [-0.2, 0) is 6.54 Å². The summed E-state index contributed by atoms with van der Waals surface area (Å²) in [7, 11) is 3.72. The number of benzene rings is 2. The second-order valence-electron chi connectivity index (χ2n) is 10.2. The highest BCUT2D eigenvalue weighted by atomic mass is 35.5. The number of hydrogen-bond donors (Lipinski definition) is 5. The van der Waals surface area contributed by atoms with Gasteiger partial charge in [0.05, 0.1) is 36.5 Å². The van der Waals surface area contributed by atoms with Gasteiger partial charge >= 0.3 is 0 Å². The molecule has 0 amide bonds. The highest BCUT2D eigenvalue weighted by molar-refractivity contribution is 6.32. The van der Waals surface area contributed by atoms with E-state index >= 15 is 0 Å². The second-order valence-corrected chi connectivity index (χ2v) is 10.6. The molecule has 0 unspecified atom stereocenters. The monoisotopic (exact) mass is 559 g/mol. The van der Waals surface area contributed by atoms with Crippen molar-refractivity contribution in [1.82, 2.24) is 15.2 Å². The van der Waals surface area contributed by atoms with E-state index in [1.807, 2.05) is 0 Å². The van der Waals surface area contributed by atoms with E-state index in [1.54, 1.807) is 31.4 Å². The summed E-state index contributed by atoms with van der Waals surface area (Å²) in [5, 5.41) is 34.9. The fourth-order valence-corrected chi connectivity index (χ4v) is 5.44. The van der Waals surface area contributed by atoms with Crippen LogP contribution in [0.4, 0.5) is 0 Å². The van der Waals surface area contributed by atoms with Crippen LogP contribution in [0.1, 0.15) is 49.3 Å². The Labute approximate surface area is 233 Å². The first-order valence-corrected chi connectivity index (χ1v) is 13.8. The van der Waals surface area contributed by atoms with Crippen LogP contribution in [0.2, 0.25) is 5.02 Å². The van der Waals surface area contributed by atoms with Gasteiger partial charge in [-0.25, -0.2) is 0 Å². The van der Waals surface area contributed by atoms with Crippen molar-refractivity contribution in [3.63, 3.8) is 0 Å². The number of methoxy groups -OCH3 is 1. The topological polar surface area (TPSA) is 127 Å². The Balaban J connectivity index is 1.30. The molecule has 1 saturated carbocycles. The number of nitrogens with zero attached hydrogens (tertiary/aromatic N) is 1. The quantitative estimate of drug-likeness (QED) is 0.212. The third-order valence-corrected chi connectivity index (χ3v) is 7.75. The molecular formula is C29H38ClN3O6. The number of H-pyrrole nitrogens is 1. The summed E-state index contributed by atoms with van der Waals surface area (Å²) in [5.74, 6) is 1.14. The van der Waals surface area contributed by atoms with E-state index < -0.39 is 6.10 Å². The maximum absolute atomic E-state index is 11.6. The predicted molar refractivity (Wildman–Crippen MR) is 152 cm³/mol. The van der Waals surface area contributed by atoms with E-state index in [2.05, 4.69) is 22.2 Å². The number of aromatic hydroxyl groups is 1. The number of aliphatic hydroxyl groups excluding tert-OH is 2. The number of fused-ring (bicyclic) bond motifs is 1. The number of pyridine rings is 1. The van der Waals surface area contributed by atoms with E-state index in [9.17, 15) is 20.1 Å². The Bertz CT molecular complexity index is 1310. The Kier molecular flexibility index (Phi) is 10.1. The minimum Gasteiger partial charge on any atom is -0.506 e. The number of hydrogen-bond acceptors (Lipinski definition) is 8. The molecule has 4 rings (SSSR count). The van der Waals surface area contributed by atoms with Gasteiger partial charge < -0.3 is 40.0 Å². The molecular weight excluding hydrogens is 522 g/mol. The largest absolute Gasteiger partial charge is 0.506 e. The molecule has 10 heteroatoms. The molecule has 5 N–H and O–H groups in total. The minimum atomic E-state index is -0.875. The third-order valence-electron chi connectivity index (χ3n) is 7.46. The highest BCUT2D eigenvalue weighted by Crippen LogP contribution is 2.33. The molecule has 1 atom stereocenters. The summed E-state index contributed by atoms with van der Waals surface area (Å²) < 4.78 is 11.5. The molecule has 0 spiro atoms. The Morgan fingerprint density at radius 3 is 2.67 bits per heavy atom. The summed E-state index contributed by atoms with van der Waals surface area (Å²) in [4.78, 5) is 16.6. The molecule has 2 aromatic carbocycles. The number of halogens is 1. The van der Waals surface area contributed by atoms with Crippen LogP contribution in [0.15, 0.2) is 41.2 Å². The van der Waals surface area contributed by atoms with Gasteiger partial charge in [-0.15, -0.1) is 0 Å². The van der Waals surface area contributed by atoms with Crippen molar-refractivity contribution in [2.24, 2.45) is 0 Å². The van der Waals surface area contributed by atoms with Gasteiger partial charge in [-0.3, -0.25) is 4.79 Å². The molecule has 0 saturated heterocycles. The average molecular weight is 560 g/mol. The summed E-state index contributed by atoms with van der Waals surface area (Å²) in [6.45, 7) is 2.06. The van der Waals surface area contributed by atoms with E-state index in [1.165, 1.54) is 12.1 Å². The molecule has 0 aliphatic heterocycles. The smallest absolute Gasteiger partial charge is 0.248 e. The molecule has 3 aromatic rings. The molecule has 9 nitrogen and oxygen atoms in total. The number of aromatic amines is 1. The molecule has 1 fully saturated rings. The molecule has 39 heavy (non-hydrogen) atoms. The Morgan fingerprint density at radius 2 is 1.92 bits per heavy atom. The predicted octanol–water partition coefficient (Wildman–Crippen LogP) is 3.72. The zero-order valence-electron chi connectivity index (χ0n) is 22.5. The van der Waals surface area contributed by atoms with Crippen LogP contribution in [-0.4, -0.2) is 71.2 Å². The maximum atomic E-state index is 11.6. The van der Waals surface area contributed by atoms with Crippen molar-refractivity contribution in [1.29, 1.82) is 0 Å². The van der Waals surface area contributed by atoms with Gasteiger partial charge in [0.15, 0.2) is 0 Å². The molecule has 1 aliphatic carbocycles. The molecule has 0 bridgehead atoms. The first-order chi connectivity index (χ1) is 18.8. The summed E-state index contributed by atoms with van der Waals surface area (Å²) in [6, 6.07) is 10.2. The van der Waals surface area contributed by atoms with Crippen LogP contribution in [0.5, 0.6) is 17.2 Å². The van der Waals surface area contributed by atoms with Gasteiger partial charge in [-0.05, 0) is 62.9 Å². The lowest BCUT2D eigenvalue weighted by Gasteiger charge is -2.33. The van der Waals surface area contributed by atoms with Crippen molar-refractivity contribution in [3.8, 4) is 17.2 Å². The Morgan fingerprint density at radius 1 is 1.15 bits per heavy atom.